The normalized spacial score (nSPS) is 29.9. The Morgan fingerprint density at radius 3 is 3.00 bits per heavy atom. The highest BCUT2D eigenvalue weighted by Gasteiger charge is 2.14. The molecule has 2 unspecified atom stereocenters. The molecule has 0 amide bonds. The zero-order chi connectivity index (χ0) is 10.4. The van der Waals surface area contributed by atoms with E-state index in [1.165, 1.54) is 7.11 Å². The van der Waals surface area contributed by atoms with Crippen molar-refractivity contribution >= 4 is 6.16 Å². The number of rotatable bonds is 1. The molecule has 2 atom stereocenters. The Hall–Kier alpha value is -1.03. The molecule has 0 aromatic carbocycles. The Morgan fingerprint density at radius 1 is 1.50 bits per heavy atom. The van der Waals surface area contributed by atoms with Crippen LogP contribution in [0.1, 0.15) is 25.7 Å². The maximum Gasteiger partial charge on any atom is 0.508 e. The van der Waals surface area contributed by atoms with E-state index in [2.05, 4.69) is 4.74 Å². The Morgan fingerprint density at radius 2 is 2.29 bits per heavy atom. The average Bonchev–Trinajstić information content (AvgIpc) is 2.14. The largest absolute Gasteiger partial charge is 0.508 e. The third-order valence-electron chi connectivity index (χ3n) is 2.20. The highest BCUT2D eigenvalue weighted by molar-refractivity contribution is 5.60. The molecule has 0 radical (unpaired) electrons. The van der Waals surface area contributed by atoms with E-state index in [-0.39, 0.29) is 12.2 Å². The zero-order valence-corrected chi connectivity index (χ0v) is 8.31. The standard InChI is InChI=1S/C10H16O4/c1-13-10(12)14-9-6-2-4-8(11)5-3-7-9/h2,6,8-9,11H,3-5,7H2,1H3/b6-2+. The van der Waals surface area contributed by atoms with Crippen LogP contribution in [0, 0.1) is 0 Å². The lowest BCUT2D eigenvalue weighted by molar-refractivity contribution is 0.0466. The van der Waals surface area contributed by atoms with Crippen molar-refractivity contribution in [3.63, 3.8) is 0 Å². The summed E-state index contributed by atoms with van der Waals surface area (Å²) in [7, 11) is 1.29. The Labute approximate surface area is 83.5 Å². The van der Waals surface area contributed by atoms with Gasteiger partial charge in [-0.2, -0.15) is 0 Å². The van der Waals surface area contributed by atoms with Crippen LogP contribution in [0.15, 0.2) is 12.2 Å². The fraction of sp³-hybridized carbons (Fsp3) is 0.700. The summed E-state index contributed by atoms with van der Waals surface area (Å²) in [5, 5.41) is 9.34. The van der Waals surface area contributed by atoms with Gasteiger partial charge >= 0.3 is 6.16 Å². The van der Waals surface area contributed by atoms with E-state index in [4.69, 9.17) is 4.74 Å². The molecule has 4 heteroatoms. The molecule has 0 heterocycles. The van der Waals surface area contributed by atoms with Crippen LogP contribution >= 0.6 is 0 Å². The van der Waals surface area contributed by atoms with Gasteiger partial charge in [0.1, 0.15) is 6.10 Å². The van der Waals surface area contributed by atoms with E-state index in [1.54, 1.807) is 6.08 Å². The predicted octanol–water partition coefficient (Wildman–Crippen LogP) is 1.63. The summed E-state index contributed by atoms with van der Waals surface area (Å²) in [6.45, 7) is 0. The number of carbonyl (C=O) groups is 1. The van der Waals surface area contributed by atoms with Crippen molar-refractivity contribution in [2.24, 2.45) is 0 Å². The van der Waals surface area contributed by atoms with Crippen molar-refractivity contribution in [2.75, 3.05) is 7.11 Å². The monoisotopic (exact) mass is 200 g/mol. The molecule has 80 valence electrons. The number of hydrogen-bond donors (Lipinski definition) is 1. The van der Waals surface area contributed by atoms with E-state index in [9.17, 15) is 9.90 Å². The SMILES string of the molecule is COC(=O)OC1/C=C/CC(O)CCC1. The number of methoxy groups -OCH3 is 1. The summed E-state index contributed by atoms with van der Waals surface area (Å²) >= 11 is 0. The molecule has 1 aliphatic rings. The Bertz CT molecular complexity index is 212. The maximum absolute atomic E-state index is 10.8. The van der Waals surface area contributed by atoms with Gasteiger partial charge in [0.15, 0.2) is 0 Å². The number of aliphatic hydroxyl groups is 1. The van der Waals surface area contributed by atoms with Crippen molar-refractivity contribution in [3.05, 3.63) is 12.2 Å². The Balaban J connectivity index is 2.41. The smallest absolute Gasteiger partial charge is 0.438 e. The lowest BCUT2D eigenvalue weighted by atomic mass is 10.0. The minimum Gasteiger partial charge on any atom is -0.438 e. The van der Waals surface area contributed by atoms with Crippen LogP contribution in [0.2, 0.25) is 0 Å². The zero-order valence-electron chi connectivity index (χ0n) is 8.31. The van der Waals surface area contributed by atoms with Gasteiger partial charge < -0.3 is 14.6 Å². The van der Waals surface area contributed by atoms with Crippen LogP contribution in [0.5, 0.6) is 0 Å². The molecule has 1 aliphatic carbocycles. The predicted molar refractivity (Wildman–Crippen MR) is 50.9 cm³/mol. The minimum absolute atomic E-state index is 0.213. The lowest BCUT2D eigenvalue weighted by Crippen LogP contribution is -2.18. The average molecular weight is 200 g/mol. The lowest BCUT2D eigenvalue weighted by Gasteiger charge is -2.17. The quantitative estimate of drug-likeness (QED) is 0.516. The third-order valence-corrected chi connectivity index (χ3v) is 2.20. The first-order valence-corrected chi connectivity index (χ1v) is 4.81. The van der Waals surface area contributed by atoms with Crippen LogP contribution in [-0.4, -0.2) is 30.6 Å². The van der Waals surface area contributed by atoms with Crippen LogP contribution in [0.3, 0.4) is 0 Å². The minimum atomic E-state index is -0.652. The van der Waals surface area contributed by atoms with Crippen LogP contribution in [0.25, 0.3) is 0 Å². The molecular formula is C10H16O4. The molecule has 14 heavy (non-hydrogen) atoms. The van der Waals surface area contributed by atoms with Crippen LogP contribution in [0.4, 0.5) is 4.79 Å². The van der Waals surface area contributed by atoms with Crippen molar-refractivity contribution in [1.82, 2.24) is 0 Å². The first kappa shape index (κ1) is 11.0. The molecule has 0 fully saturated rings. The first-order chi connectivity index (χ1) is 6.72. The van der Waals surface area contributed by atoms with Gasteiger partial charge in [-0.05, 0) is 31.8 Å². The van der Waals surface area contributed by atoms with E-state index in [0.29, 0.717) is 6.42 Å². The van der Waals surface area contributed by atoms with Crippen LogP contribution in [-0.2, 0) is 9.47 Å². The molecule has 0 aliphatic heterocycles. The van der Waals surface area contributed by atoms with Gasteiger partial charge in [-0.3, -0.25) is 0 Å². The van der Waals surface area contributed by atoms with Gasteiger partial charge in [-0.15, -0.1) is 0 Å². The number of aliphatic hydroxyl groups excluding tert-OH is 1. The van der Waals surface area contributed by atoms with Crippen molar-refractivity contribution in [2.45, 2.75) is 37.9 Å². The summed E-state index contributed by atoms with van der Waals surface area (Å²) in [5.74, 6) is 0. The first-order valence-electron chi connectivity index (χ1n) is 4.81. The van der Waals surface area contributed by atoms with Gasteiger partial charge in [0.2, 0.25) is 0 Å². The maximum atomic E-state index is 10.8. The van der Waals surface area contributed by atoms with E-state index in [0.717, 1.165) is 19.3 Å². The number of carbonyl (C=O) groups excluding carboxylic acids is 1. The van der Waals surface area contributed by atoms with Crippen molar-refractivity contribution in [1.29, 1.82) is 0 Å². The third kappa shape index (κ3) is 3.79. The molecule has 0 spiro atoms. The van der Waals surface area contributed by atoms with E-state index >= 15 is 0 Å². The van der Waals surface area contributed by atoms with Crippen molar-refractivity contribution < 1.29 is 19.4 Å². The number of ether oxygens (including phenoxy) is 2. The van der Waals surface area contributed by atoms with Crippen LogP contribution < -0.4 is 0 Å². The molecule has 0 aromatic heterocycles. The summed E-state index contributed by atoms with van der Waals surface area (Å²) < 4.78 is 9.38. The summed E-state index contributed by atoms with van der Waals surface area (Å²) in [4.78, 5) is 10.8. The van der Waals surface area contributed by atoms with Crippen molar-refractivity contribution in [3.8, 4) is 0 Å². The second-order valence-corrected chi connectivity index (χ2v) is 3.36. The highest BCUT2D eigenvalue weighted by atomic mass is 16.7. The number of hydrogen-bond acceptors (Lipinski definition) is 4. The van der Waals surface area contributed by atoms with E-state index < -0.39 is 6.16 Å². The summed E-state index contributed by atoms with van der Waals surface area (Å²) in [5.41, 5.74) is 0. The molecule has 1 N–H and O–H groups in total. The topological polar surface area (TPSA) is 55.8 Å². The molecular weight excluding hydrogens is 184 g/mol. The second-order valence-electron chi connectivity index (χ2n) is 3.36. The van der Waals surface area contributed by atoms with Gasteiger partial charge in [0, 0.05) is 0 Å². The van der Waals surface area contributed by atoms with Gasteiger partial charge in [0.25, 0.3) is 0 Å². The molecule has 0 bridgehead atoms. The fourth-order valence-electron chi connectivity index (χ4n) is 1.43. The molecule has 0 aromatic rings. The highest BCUT2D eigenvalue weighted by Crippen LogP contribution is 2.15. The molecule has 0 saturated carbocycles. The molecule has 1 rings (SSSR count). The molecule has 4 nitrogen and oxygen atoms in total. The summed E-state index contributed by atoms with van der Waals surface area (Å²) in [6.07, 6.45) is 5.50. The van der Waals surface area contributed by atoms with Gasteiger partial charge in [-0.25, -0.2) is 4.79 Å². The second kappa shape index (κ2) is 5.65. The van der Waals surface area contributed by atoms with Gasteiger partial charge in [-0.1, -0.05) is 6.08 Å². The Kier molecular flexibility index (Phi) is 4.46. The van der Waals surface area contributed by atoms with Gasteiger partial charge in [0.05, 0.1) is 13.2 Å². The van der Waals surface area contributed by atoms with E-state index in [1.807, 2.05) is 6.08 Å². The summed E-state index contributed by atoms with van der Waals surface area (Å²) in [6, 6.07) is 0. The fourth-order valence-corrected chi connectivity index (χ4v) is 1.43. The molecule has 0 saturated heterocycles.